The summed E-state index contributed by atoms with van der Waals surface area (Å²) in [5.41, 5.74) is 5.25. The molecule has 2 rings (SSSR count). The molecule has 0 spiro atoms. The molecule has 2 atom stereocenters. The van der Waals surface area contributed by atoms with E-state index in [4.69, 9.17) is 5.11 Å². The average molecular weight is 381 g/mol. The van der Waals surface area contributed by atoms with Crippen molar-refractivity contribution in [2.24, 2.45) is 0 Å². The Morgan fingerprint density at radius 1 is 1.20 bits per heavy atom. The molecule has 138 valence electrons. The number of thiazole rings is 1. The van der Waals surface area contributed by atoms with Crippen molar-refractivity contribution in [2.45, 2.75) is 57.7 Å². The first-order chi connectivity index (χ1) is 12.0. The zero-order valence-corrected chi connectivity index (χ0v) is 16.8. The SMILES string of the molecule is Cc1ncsc1-c1ccc([C@H](CCCCCO)NS(=O)C(C)C)cc1. The normalized spacial score (nSPS) is 14.0. The van der Waals surface area contributed by atoms with E-state index in [0.717, 1.165) is 36.9 Å². The molecule has 0 saturated heterocycles. The molecular weight excluding hydrogens is 352 g/mol. The number of aromatic nitrogens is 1. The molecule has 1 aromatic heterocycles. The average Bonchev–Trinajstić information content (AvgIpc) is 3.03. The summed E-state index contributed by atoms with van der Waals surface area (Å²) in [6.45, 7) is 6.18. The predicted octanol–water partition coefficient (Wildman–Crippen LogP) is 4.37. The van der Waals surface area contributed by atoms with Crippen LogP contribution in [0.15, 0.2) is 29.8 Å². The molecule has 0 amide bonds. The van der Waals surface area contributed by atoms with Gasteiger partial charge in [-0.25, -0.2) is 13.9 Å². The number of aryl methyl sites for hydroxylation is 1. The molecule has 2 N–H and O–H groups in total. The first kappa shape index (κ1) is 20.2. The molecule has 0 aliphatic rings. The quantitative estimate of drug-likeness (QED) is 0.602. The highest BCUT2D eigenvalue weighted by Gasteiger charge is 2.16. The third kappa shape index (κ3) is 5.99. The number of nitrogens with zero attached hydrogens (tertiary/aromatic N) is 1. The summed E-state index contributed by atoms with van der Waals surface area (Å²) in [4.78, 5) is 5.51. The Labute approximate surface area is 157 Å². The van der Waals surface area contributed by atoms with Gasteiger partial charge < -0.3 is 5.11 Å². The number of aliphatic hydroxyl groups is 1. The van der Waals surface area contributed by atoms with Crippen LogP contribution in [0.1, 0.15) is 56.8 Å². The maximum atomic E-state index is 12.3. The van der Waals surface area contributed by atoms with E-state index < -0.39 is 11.0 Å². The number of nitrogens with one attached hydrogen (secondary N) is 1. The second kappa shape index (κ2) is 10.2. The summed E-state index contributed by atoms with van der Waals surface area (Å²) >= 11 is 1.65. The Kier molecular flexibility index (Phi) is 8.22. The van der Waals surface area contributed by atoms with E-state index in [2.05, 4.69) is 34.0 Å². The molecule has 0 bridgehead atoms. The van der Waals surface area contributed by atoms with Gasteiger partial charge in [0.1, 0.15) is 0 Å². The van der Waals surface area contributed by atoms with Gasteiger partial charge in [-0.3, -0.25) is 0 Å². The maximum absolute atomic E-state index is 12.3. The molecule has 2 aromatic rings. The Morgan fingerprint density at radius 3 is 2.48 bits per heavy atom. The zero-order valence-electron chi connectivity index (χ0n) is 15.2. The van der Waals surface area contributed by atoms with Crippen LogP contribution >= 0.6 is 11.3 Å². The van der Waals surface area contributed by atoms with Gasteiger partial charge in [-0.15, -0.1) is 11.3 Å². The van der Waals surface area contributed by atoms with Crippen molar-refractivity contribution >= 4 is 22.3 Å². The van der Waals surface area contributed by atoms with Crippen molar-refractivity contribution in [3.8, 4) is 10.4 Å². The van der Waals surface area contributed by atoms with Crippen molar-refractivity contribution in [1.82, 2.24) is 9.71 Å². The molecule has 1 heterocycles. The fourth-order valence-corrected chi connectivity index (χ4v) is 4.27. The highest BCUT2D eigenvalue weighted by molar-refractivity contribution is 7.83. The van der Waals surface area contributed by atoms with E-state index in [1.807, 2.05) is 26.3 Å². The molecule has 0 aliphatic carbocycles. The zero-order chi connectivity index (χ0) is 18.2. The number of aliphatic hydroxyl groups excluding tert-OH is 1. The topological polar surface area (TPSA) is 62.2 Å². The number of hydrogen-bond acceptors (Lipinski definition) is 4. The van der Waals surface area contributed by atoms with Crippen LogP contribution < -0.4 is 4.72 Å². The molecule has 1 unspecified atom stereocenters. The Balaban J connectivity index is 2.12. The highest BCUT2D eigenvalue weighted by Crippen LogP contribution is 2.29. The second-order valence-corrected chi connectivity index (χ2v) is 9.11. The van der Waals surface area contributed by atoms with Gasteiger partial charge >= 0.3 is 0 Å². The van der Waals surface area contributed by atoms with Crippen molar-refractivity contribution in [3.05, 3.63) is 41.0 Å². The third-order valence-electron chi connectivity index (χ3n) is 4.16. The van der Waals surface area contributed by atoms with Crippen LogP contribution in [0.2, 0.25) is 0 Å². The molecule has 0 saturated carbocycles. The van der Waals surface area contributed by atoms with Crippen LogP contribution in [-0.2, 0) is 11.0 Å². The van der Waals surface area contributed by atoms with E-state index in [1.54, 1.807) is 11.3 Å². The van der Waals surface area contributed by atoms with Gasteiger partial charge in [0, 0.05) is 17.9 Å². The van der Waals surface area contributed by atoms with E-state index in [9.17, 15) is 4.21 Å². The minimum absolute atomic E-state index is 0.0681. The molecule has 0 radical (unpaired) electrons. The Hall–Kier alpha value is -1.08. The van der Waals surface area contributed by atoms with Crippen LogP contribution in [0.3, 0.4) is 0 Å². The lowest BCUT2D eigenvalue weighted by Gasteiger charge is -2.20. The minimum atomic E-state index is -1.06. The summed E-state index contributed by atoms with van der Waals surface area (Å²) in [5.74, 6) is 0. The fourth-order valence-electron chi connectivity index (χ4n) is 2.65. The van der Waals surface area contributed by atoms with Gasteiger partial charge in [0.05, 0.1) is 27.1 Å². The Morgan fingerprint density at radius 2 is 1.92 bits per heavy atom. The second-order valence-electron chi connectivity index (χ2n) is 6.48. The van der Waals surface area contributed by atoms with Crippen LogP contribution in [0, 0.1) is 6.92 Å². The lowest BCUT2D eigenvalue weighted by Crippen LogP contribution is -2.28. The monoisotopic (exact) mass is 380 g/mol. The van der Waals surface area contributed by atoms with Gasteiger partial charge in [0.2, 0.25) is 0 Å². The van der Waals surface area contributed by atoms with Gasteiger partial charge in [0.15, 0.2) is 0 Å². The Bertz CT molecular complexity index is 668. The van der Waals surface area contributed by atoms with Gasteiger partial charge in [-0.2, -0.15) is 0 Å². The summed E-state index contributed by atoms with van der Waals surface area (Å²) < 4.78 is 15.5. The molecule has 0 aliphatic heterocycles. The first-order valence-corrected chi connectivity index (χ1v) is 10.9. The first-order valence-electron chi connectivity index (χ1n) is 8.81. The summed E-state index contributed by atoms with van der Waals surface area (Å²) in [5, 5.41) is 9.02. The lowest BCUT2D eigenvalue weighted by atomic mass is 9.99. The molecule has 4 nitrogen and oxygen atoms in total. The summed E-state index contributed by atoms with van der Waals surface area (Å²) in [6.07, 6.45) is 3.73. The van der Waals surface area contributed by atoms with E-state index >= 15 is 0 Å². The van der Waals surface area contributed by atoms with E-state index in [1.165, 1.54) is 10.4 Å². The van der Waals surface area contributed by atoms with Crippen LogP contribution in [0.4, 0.5) is 0 Å². The van der Waals surface area contributed by atoms with Gasteiger partial charge in [-0.1, -0.05) is 37.1 Å². The molecule has 25 heavy (non-hydrogen) atoms. The van der Waals surface area contributed by atoms with Gasteiger partial charge in [-0.05, 0) is 44.7 Å². The number of unbranched alkanes of at least 4 members (excludes halogenated alkanes) is 2. The maximum Gasteiger partial charge on any atom is 0.0947 e. The molecule has 1 aromatic carbocycles. The van der Waals surface area contributed by atoms with Crippen molar-refractivity contribution in [1.29, 1.82) is 0 Å². The fraction of sp³-hybridized carbons (Fsp3) is 0.526. The molecular formula is C19H28N2O2S2. The molecule has 0 fully saturated rings. The van der Waals surface area contributed by atoms with Gasteiger partial charge in [0.25, 0.3) is 0 Å². The number of benzene rings is 1. The minimum Gasteiger partial charge on any atom is -0.396 e. The lowest BCUT2D eigenvalue weighted by molar-refractivity contribution is 0.281. The van der Waals surface area contributed by atoms with Crippen LogP contribution in [0.5, 0.6) is 0 Å². The summed E-state index contributed by atoms with van der Waals surface area (Å²) in [6, 6.07) is 8.55. The smallest absolute Gasteiger partial charge is 0.0947 e. The largest absolute Gasteiger partial charge is 0.396 e. The standard InChI is InChI=1S/C19H28N2O2S2/c1-14(2)25(23)21-18(7-5-4-6-12-22)16-8-10-17(11-9-16)19-15(3)20-13-24-19/h8-11,13-14,18,21-22H,4-7,12H2,1-3H3/t18-,25?/m0/s1. The highest BCUT2D eigenvalue weighted by atomic mass is 32.2. The van der Waals surface area contributed by atoms with Crippen molar-refractivity contribution in [2.75, 3.05) is 6.61 Å². The number of rotatable bonds is 10. The van der Waals surface area contributed by atoms with Crippen molar-refractivity contribution < 1.29 is 9.32 Å². The third-order valence-corrected chi connectivity index (χ3v) is 6.51. The predicted molar refractivity (Wildman–Crippen MR) is 107 cm³/mol. The van der Waals surface area contributed by atoms with Crippen LogP contribution in [0.25, 0.3) is 10.4 Å². The number of hydrogen-bond donors (Lipinski definition) is 2. The van der Waals surface area contributed by atoms with E-state index in [0.29, 0.717) is 0 Å². The van der Waals surface area contributed by atoms with Crippen LogP contribution in [-0.4, -0.2) is 26.2 Å². The molecule has 6 heteroatoms. The summed E-state index contributed by atoms with van der Waals surface area (Å²) in [7, 11) is -1.06. The van der Waals surface area contributed by atoms with E-state index in [-0.39, 0.29) is 17.9 Å². The van der Waals surface area contributed by atoms with Crippen molar-refractivity contribution in [3.63, 3.8) is 0 Å².